The van der Waals surface area contributed by atoms with Crippen molar-refractivity contribution in [2.24, 2.45) is 5.73 Å². The van der Waals surface area contributed by atoms with Gasteiger partial charge in [0.25, 0.3) is 0 Å². The van der Waals surface area contributed by atoms with Crippen LogP contribution in [0.4, 0.5) is 4.39 Å². The van der Waals surface area contributed by atoms with Gasteiger partial charge in [0.1, 0.15) is 24.0 Å². The van der Waals surface area contributed by atoms with Gasteiger partial charge in [-0.2, -0.15) is 0 Å². The van der Waals surface area contributed by atoms with Gasteiger partial charge in [0, 0.05) is 15.6 Å². The number of hydrogen-bond donors (Lipinski definition) is 2. The summed E-state index contributed by atoms with van der Waals surface area (Å²) in [5, 5.41) is 7.36. The van der Waals surface area contributed by atoms with Gasteiger partial charge < -0.3 is 10.5 Å². The average Bonchev–Trinajstić information content (AvgIpc) is 2.38. The van der Waals surface area contributed by atoms with E-state index in [1.807, 2.05) is 0 Å². The lowest BCUT2D eigenvalue weighted by molar-refractivity contribution is 0.305. The van der Waals surface area contributed by atoms with Gasteiger partial charge in [0.2, 0.25) is 0 Å². The van der Waals surface area contributed by atoms with Crippen molar-refractivity contribution in [2.45, 2.75) is 6.61 Å². The molecule has 0 aliphatic heterocycles. The summed E-state index contributed by atoms with van der Waals surface area (Å²) < 4.78 is 19.2. The molecule has 0 heterocycles. The molecule has 0 saturated heterocycles. The SMILES string of the molecule is N=C(N)c1cccc(OCc2ccc(F)cc2Br)c1. The maximum absolute atomic E-state index is 12.9. The topological polar surface area (TPSA) is 59.1 Å². The molecule has 98 valence electrons. The van der Waals surface area contributed by atoms with E-state index >= 15 is 0 Å². The Morgan fingerprint density at radius 3 is 2.74 bits per heavy atom. The van der Waals surface area contributed by atoms with Gasteiger partial charge in [-0.05, 0) is 24.3 Å². The first-order valence-corrected chi connectivity index (χ1v) is 6.37. The summed E-state index contributed by atoms with van der Waals surface area (Å²) in [5.41, 5.74) is 6.86. The standard InChI is InChI=1S/C14H12BrFN2O/c15-13-7-11(16)5-4-10(13)8-19-12-3-1-2-9(6-12)14(17)18/h1-7H,8H2,(H3,17,18). The number of ether oxygens (including phenoxy) is 1. The van der Waals surface area contributed by atoms with Gasteiger partial charge in [-0.25, -0.2) is 4.39 Å². The van der Waals surface area contributed by atoms with Crippen molar-refractivity contribution in [3.8, 4) is 5.75 Å². The summed E-state index contributed by atoms with van der Waals surface area (Å²) in [7, 11) is 0. The van der Waals surface area contributed by atoms with Crippen molar-refractivity contribution in [3.63, 3.8) is 0 Å². The zero-order valence-corrected chi connectivity index (χ0v) is 11.6. The van der Waals surface area contributed by atoms with Crippen LogP contribution in [0.25, 0.3) is 0 Å². The fourth-order valence-corrected chi connectivity index (χ4v) is 2.02. The number of hydrogen-bond acceptors (Lipinski definition) is 2. The molecule has 0 aliphatic rings. The third-order valence-corrected chi connectivity index (χ3v) is 3.29. The quantitative estimate of drug-likeness (QED) is 0.669. The molecule has 0 aromatic heterocycles. The Morgan fingerprint density at radius 1 is 1.26 bits per heavy atom. The lowest BCUT2D eigenvalue weighted by Crippen LogP contribution is -2.10. The molecule has 3 N–H and O–H groups in total. The van der Waals surface area contributed by atoms with Crippen LogP contribution in [0.1, 0.15) is 11.1 Å². The predicted octanol–water partition coefficient (Wildman–Crippen LogP) is 3.45. The summed E-state index contributed by atoms with van der Waals surface area (Å²) in [6.07, 6.45) is 0. The van der Waals surface area contributed by atoms with Crippen LogP contribution in [0.2, 0.25) is 0 Å². The second-order valence-corrected chi connectivity index (χ2v) is 4.82. The summed E-state index contributed by atoms with van der Waals surface area (Å²) in [6, 6.07) is 11.4. The summed E-state index contributed by atoms with van der Waals surface area (Å²) in [4.78, 5) is 0. The number of halogens is 2. The van der Waals surface area contributed by atoms with Crippen molar-refractivity contribution in [2.75, 3.05) is 0 Å². The third kappa shape index (κ3) is 3.54. The minimum atomic E-state index is -0.297. The Hall–Kier alpha value is -1.88. The summed E-state index contributed by atoms with van der Waals surface area (Å²) in [6.45, 7) is 0.308. The molecule has 0 fully saturated rings. The first-order valence-electron chi connectivity index (χ1n) is 5.57. The number of nitrogens with two attached hydrogens (primary N) is 1. The first-order chi connectivity index (χ1) is 9.06. The maximum Gasteiger partial charge on any atom is 0.124 e. The third-order valence-electron chi connectivity index (χ3n) is 2.55. The molecule has 0 bridgehead atoms. The van der Waals surface area contributed by atoms with Crippen molar-refractivity contribution in [1.29, 1.82) is 5.41 Å². The second-order valence-electron chi connectivity index (χ2n) is 3.97. The normalized spacial score (nSPS) is 10.2. The lowest BCUT2D eigenvalue weighted by Gasteiger charge is -2.09. The van der Waals surface area contributed by atoms with Crippen molar-refractivity contribution in [1.82, 2.24) is 0 Å². The minimum Gasteiger partial charge on any atom is -0.489 e. The average molecular weight is 323 g/mol. The number of rotatable bonds is 4. The highest BCUT2D eigenvalue weighted by molar-refractivity contribution is 9.10. The molecule has 2 aromatic carbocycles. The molecule has 19 heavy (non-hydrogen) atoms. The Labute approximate surface area is 118 Å². The van der Waals surface area contributed by atoms with E-state index in [9.17, 15) is 4.39 Å². The van der Waals surface area contributed by atoms with Crippen molar-refractivity contribution < 1.29 is 9.13 Å². The van der Waals surface area contributed by atoms with Gasteiger partial charge in [0.05, 0.1) is 0 Å². The van der Waals surface area contributed by atoms with E-state index in [0.29, 0.717) is 22.4 Å². The molecule has 3 nitrogen and oxygen atoms in total. The van der Waals surface area contributed by atoms with E-state index in [-0.39, 0.29) is 11.7 Å². The largest absolute Gasteiger partial charge is 0.489 e. The molecular weight excluding hydrogens is 311 g/mol. The Bertz CT molecular complexity index is 616. The van der Waals surface area contributed by atoms with Gasteiger partial charge in [-0.3, -0.25) is 5.41 Å². The molecule has 2 rings (SSSR count). The monoisotopic (exact) mass is 322 g/mol. The number of benzene rings is 2. The lowest BCUT2D eigenvalue weighted by atomic mass is 10.2. The van der Waals surface area contributed by atoms with Crippen LogP contribution >= 0.6 is 15.9 Å². The van der Waals surface area contributed by atoms with Crippen molar-refractivity contribution >= 4 is 21.8 Å². The number of nitrogen functional groups attached to an aromatic ring is 1. The van der Waals surface area contributed by atoms with Crippen LogP contribution in [0.3, 0.4) is 0 Å². The number of amidine groups is 1. The smallest absolute Gasteiger partial charge is 0.124 e. The Balaban J connectivity index is 2.10. The summed E-state index contributed by atoms with van der Waals surface area (Å²) >= 11 is 3.28. The van der Waals surface area contributed by atoms with E-state index in [1.165, 1.54) is 12.1 Å². The highest BCUT2D eigenvalue weighted by atomic mass is 79.9. The number of nitrogens with one attached hydrogen (secondary N) is 1. The van der Waals surface area contributed by atoms with Crippen molar-refractivity contribution in [3.05, 3.63) is 63.9 Å². The predicted molar refractivity (Wildman–Crippen MR) is 75.9 cm³/mol. The summed E-state index contributed by atoms with van der Waals surface area (Å²) in [5.74, 6) is 0.312. The van der Waals surface area contributed by atoms with Crippen LogP contribution in [-0.2, 0) is 6.61 Å². The van der Waals surface area contributed by atoms with Crippen LogP contribution in [-0.4, -0.2) is 5.84 Å². The molecule has 5 heteroatoms. The van der Waals surface area contributed by atoms with Gasteiger partial charge >= 0.3 is 0 Å². The van der Waals surface area contributed by atoms with Gasteiger partial charge in [-0.1, -0.05) is 34.1 Å². The van der Waals surface area contributed by atoms with E-state index in [0.717, 1.165) is 5.56 Å². The molecule has 0 unspecified atom stereocenters. The van der Waals surface area contributed by atoms with Crippen LogP contribution < -0.4 is 10.5 Å². The van der Waals surface area contributed by atoms with E-state index in [2.05, 4.69) is 15.9 Å². The molecule has 0 aliphatic carbocycles. The zero-order valence-electron chi connectivity index (χ0n) is 9.99. The zero-order chi connectivity index (χ0) is 13.8. The second kappa shape index (κ2) is 5.84. The van der Waals surface area contributed by atoms with Crippen LogP contribution in [0.5, 0.6) is 5.75 Å². The van der Waals surface area contributed by atoms with Gasteiger partial charge in [-0.15, -0.1) is 0 Å². The van der Waals surface area contributed by atoms with Gasteiger partial charge in [0.15, 0.2) is 0 Å². The fourth-order valence-electron chi connectivity index (χ4n) is 1.55. The highest BCUT2D eigenvalue weighted by Gasteiger charge is 2.04. The van der Waals surface area contributed by atoms with Crippen LogP contribution in [0.15, 0.2) is 46.9 Å². The fraction of sp³-hybridized carbons (Fsp3) is 0.0714. The molecule has 0 radical (unpaired) electrons. The molecule has 0 atom stereocenters. The molecule has 0 spiro atoms. The van der Waals surface area contributed by atoms with E-state index in [4.69, 9.17) is 15.9 Å². The Kier molecular flexibility index (Phi) is 4.16. The minimum absolute atomic E-state index is 0.00610. The highest BCUT2D eigenvalue weighted by Crippen LogP contribution is 2.21. The van der Waals surface area contributed by atoms with E-state index < -0.39 is 0 Å². The van der Waals surface area contributed by atoms with Crippen LogP contribution in [0, 0.1) is 11.2 Å². The Morgan fingerprint density at radius 2 is 2.05 bits per heavy atom. The molecule has 2 aromatic rings. The maximum atomic E-state index is 12.9. The first kappa shape index (κ1) is 13.5. The molecule has 0 saturated carbocycles. The molecular formula is C14H12BrFN2O. The van der Waals surface area contributed by atoms with E-state index in [1.54, 1.807) is 30.3 Å². The molecule has 0 amide bonds.